The van der Waals surface area contributed by atoms with Gasteiger partial charge in [-0.2, -0.15) is 8.42 Å². The van der Waals surface area contributed by atoms with Crippen LogP contribution in [-0.2, 0) is 21.3 Å². The molecule has 0 aliphatic heterocycles. The average molecular weight is 258 g/mol. The first-order valence-electron chi connectivity index (χ1n) is 4.91. The molecule has 0 aliphatic rings. The fraction of sp³-hybridized carbons (Fsp3) is 0.300. The Balaban J connectivity index is 2.48. The quantitative estimate of drug-likeness (QED) is 0.618. The van der Waals surface area contributed by atoms with Crippen LogP contribution in [0.5, 0.6) is 0 Å². The summed E-state index contributed by atoms with van der Waals surface area (Å²) in [7, 11) is -4.21. The van der Waals surface area contributed by atoms with Crippen molar-refractivity contribution in [2.75, 3.05) is 5.88 Å². The zero-order valence-electron chi connectivity index (χ0n) is 9.04. The summed E-state index contributed by atoms with van der Waals surface area (Å²) >= 11 is 0. The van der Waals surface area contributed by atoms with E-state index in [0.717, 1.165) is 5.56 Å². The molecule has 0 fully saturated rings. The standard InChI is InChI=1S/C10H14N2O4S/c11-9(6-8-4-2-1-3-5-8)10(13)12-7-17(14,15)16/h1-5,9H,6-7,11H2,(H,12,13)(H,14,15,16)/t9-/m0/s1. The third-order valence-corrected chi connectivity index (χ3v) is 2.57. The van der Waals surface area contributed by atoms with Crippen LogP contribution in [0.15, 0.2) is 30.3 Å². The third kappa shape index (κ3) is 5.43. The van der Waals surface area contributed by atoms with Gasteiger partial charge in [-0.1, -0.05) is 30.3 Å². The second-order valence-corrected chi connectivity index (χ2v) is 5.02. The van der Waals surface area contributed by atoms with E-state index in [9.17, 15) is 13.2 Å². The number of nitrogens with one attached hydrogen (secondary N) is 1. The molecular weight excluding hydrogens is 244 g/mol. The van der Waals surface area contributed by atoms with Gasteiger partial charge in [0.2, 0.25) is 5.91 Å². The van der Waals surface area contributed by atoms with Crippen molar-refractivity contribution in [3.05, 3.63) is 35.9 Å². The minimum absolute atomic E-state index is 0.304. The van der Waals surface area contributed by atoms with Gasteiger partial charge in [-0.3, -0.25) is 9.35 Å². The van der Waals surface area contributed by atoms with E-state index in [4.69, 9.17) is 10.3 Å². The zero-order valence-corrected chi connectivity index (χ0v) is 9.85. The van der Waals surface area contributed by atoms with Crippen LogP contribution in [0.25, 0.3) is 0 Å². The van der Waals surface area contributed by atoms with E-state index >= 15 is 0 Å². The third-order valence-electron chi connectivity index (χ3n) is 2.06. The Morgan fingerprint density at radius 3 is 2.47 bits per heavy atom. The normalized spacial score (nSPS) is 13.1. The van der Waals surface area contributed by atoms with Crippen LogP contribution in [0.3, 0.4) is 0 Å². The monoisotopic (exact) mass is 258 g/mol. The maximum absolute atomic E-state index is 11.4. The molecule has 0 spiro atoms. The first kappa shape index (κ1) is 13.6. The predicted octanol–water partition coefficient (Wildman–Crippen LogP) is -0.482. The Bertz CT molecular complexity index is 472. The number of rotatable bonds is 5. The lowest BCUT2D eigenvalue weighted by molar-refractivity contribution is -0.122. The molecule has 94 valence electrons. The topological polar surface area (TPSA) is 109 Å². The van der Waals surface area contributed by atoms with Gasteiger partial charge in [0.1, 0.15) is 5.88 Å². The maximum Gasteiger partial charge on any atom is 0.283 e. The van der Waals surface area contributed by atoms with Gasteiger partial charge in [-0.25, -0.2) is 0 Å². The number of carbonyl (C=O) groups excluding carboxylic acids is 1. The van der Waals surface area contributed by atoms with Crippen LogP contribution in [0.2, 0.25) is 0 Å². The molecule has 7 heteroatoms. The van der Waals surface area contributed by atoms with E-state index < -0.39 is 27.9 Å². The molecule has 1 rings (SSSR count). The number of carbonyl (C=O) groups is 1. The van der Waals surface area contributed by atoms with Crippen molar-refractivity contribution in [3.8, 4) is 0 Å². The fourth-order valence-electron chi connectivity index (χ4n) is 1.25. The van der Waals surface area contributed by atoms with Gasteiger partial charge in [0.25, 0.3) is 10.1 Å². The highest BCUT2D eigenvalue weighted by Crippen LogP contribution is 2.01. The minimum atomic E-state index is -4.21. The van der Waals surface area contributed by atoms with Crippen LogP contribution in [0.4, 0.5) is 0 Å². The highest BCUT2D eigenvalue weighted by atomic mass is 32.2. The molecule has 0 aromatic heterocycles. The Morgan fingerprint density at radius 1 is 1.35 bits per heavy atom. The molecule has 0 radical (unpaired) electrons. The Labute approximate surface area is 99.6 Å². The SMILES string of the molecule is N[C@@H](Cc1ccccc1)C(=O)NCS(=O)(=O)O. The zero-order chi connectivity index (χ0) is 12.9. The summed E-state index contributed by atoms with van der Waals surface area (Å²) in [5, 5.41) is 2.04. The highest BCUT2D eigenvalue weighted by molar-refractivity contribution is 7.85. The minimum Gasteiger partial charge on any atom is -0.339 e. The number of amides is 1. The Hall–Kier alpha value is -1.44. The molecule has 0 saturated carbocycles. The number of benzene rings is 1. The number of hydrogen-bond acceptors (Lipinski definition) is 4. The van der Waals surface area contributed by atoms with Crippen molar-refractivity contribution in [1.82, 2.24) is 5.32 Å². The number of hydrogen-bond donors (Lipinski definition) is 3. The maximum atomic E-state index is 11.4. The molecule has 0 bridgehead atoms. The van der Waals surface area contributed by atoms with Crippen LogP contribution >= 0.6 is 0 Å². The van der Waals surface area contributed by atoms with Gasteiger partial charge in [0.05, 0.1) is 6.04 Å². The molecule has 1 atom stereocenters. The van der Waals surface area contributed by atoms with Gasteiger partial charge < -0.3 is 11.1 Å². The molecule has 0 unspecified atom stereocenters. The summed E-state index contributed by atoms with van der Waals surface area (Å²) in [6.45, 7) is 0. The van der Waals surface area contributed by atoms with E-state index in [1.54, 1.807) is 0 Å². The molecule has 1 amide bonds. The second kappa shape index (κ2) is 5.76. The van der Waals surface area contributed by atoms with Crippen molar-refractivity contribution in [2.45, 2.75) is 12.5 Å². The predicted molar refractivity (Wildman–Crippen MR) is 62.7 cm³/mol. The van der Waals surface area contributed by atoms with Gasteiger partial charge >= 0.3 is 0 Å². The summed E-state index contributed by atoms with van der Waals surface area (Å²) in [6.07, 6.45) is 0.304. The molecule has 1 aromatic carbocycles. The lowest BCUT2D eigenvalue weighted by Crippen LogP contribution is -2.43. The summed E-state index contributed by atoms with van der Waals surface area (Å²) in [5.74, 6) is -1.44. The van der Waals surface area contributed by atoms with Gasteiger partial charge in [0, 0.05) is 0 Å². The van der Waals surface area contributed by atoms with Crippen LogP contribution < -0.4 is 11.1 Å². The van der Waals surface area contributed by atoms with E-state index in [1.807, 2.05) is 35.6 Å². The lowest BCUT2D eigenvalue weighted by Gasteiger charge is -2.11. The first-order chi connectivity index (χ1) is 7.88. The van der Waals surface area contributed by atoms with Gasteiger partial charge in [-0.15, -0.1) is 0 Å². The lowest BCUT2D eigenvalue weighted by atomic mass is 10.1. The van der Waals surface area contributed by atoms with Crippen LogP contribution in [-0.4, -0.2) is 30.8 Å². The van der Waals surface area contributed by atoms with Crippen molar-refractivity contribution >= 4 is 16.0 Å². The summed E-state index contributed by atoms with van der Waals surface area (Å²) in [5.41, 5.74) is 6.47. The molecule has 0 heterocycles. The smallest absolute Gasteiger partial charge is 0.283 e. The number of nitrogens with two attached hydrogens (primary N) is 1. The van der Waals surface area contributed by atoms with Crippen molar-refractivity contribution < 1.29 is 17.8 Å². The van der Waals surface area contributed by atoms with E-state index in [2.05, 4.69) is 0 Å². The second-order valence-electron chi connectivity index (χ2n) is 3.56. The van der Waals surface area contributed by atoms with Crippen molar-refractivity contribution in [2.24, 2.45) is 5.73 Å². The molecule has 6 nitrogen and oxygen atoms in total. The van der Waals surface area contributed by atoms with E-state index in [1.165, 1.54) is 0 Å². The van der Waals surface area contributed by atoms with E-state index in [0.29, 0.717) is 6.42 Å². The molecule has 1 aromatic rings. The van der Waals surface area contributed by atoms with Gasteiger partial charge in [0.15, 0.2) is 0 Å². The Morgan fingerprint density at radius 2 is 1.94 bits per heavy atom. The van der Waals surface area contributed by atoms with E-state index in [-0.39, 0.29) is 0 Å². The summed E-state index contributed by atoms with van der Waals surface area (Å²) < 4.78 is 29.3. The summed E-state index contributed by atoms with van der Waals surface area (Å²) in [6, 6.07) is 8.26. The molecule has 17 heavy (non-hydrogen) atoms. The fourth-order valence-corrected chi connectivity index (χ4v) is 1.58. The first-order valence-corrected chi connectivity index (χ1v) is 6.52. The van der Waals surface area contributed by atoms with Crippen LogP contribution in [0, 0.1) is 0 Å². The van der Waals surface area contributed by atoms with Crippen molar-refractivity contribution in [1.29, 1.82) is 0 Å². The molecule has 4 N–H and O–H groups in total. The van der Waals surface area contributed by atoms with Crippen molar-refractivity contribution in [3.63, 3.8) is 0 Å². The largest absolute Gasteiger partial charge is 0.339 e. The summed E-state index contributed by atoms with van der Waals surface area (Å²) in [4.78, 5) is 11.4. The Kier molecular flexibility index (Phi) is 4.62. The van der Waals surface area contributed by atoms with Gasteiger partial charge in [-0.05, 0) is 12.0 Å². The molecule has 0 saturated heterocycles. The molecule has 0 aliphatic carbocycles. The average Bonchev–Trinajstić information content (AvgIpc) is 2.26. The molecular formula is C10H14N2O4S. The highest BCUT2D eigenvalue weighted by Gasteiger charge is 2.15. The van der Waals surface area contributed by atoms with Crippen LogP contribution in [0.1, 0.15) is 5.56 Å².